The number of nitrogens with zero attached hydrogens (tertiary/aromatic N) is 3. The molecular formula is C45H45N3. The molecule has 0 saturated heterocycles. The van der Waals surface area contributed by atoms with E-state index in [0.29, 0.717) is 0 Å². The predicted octanol–water partition coefficient (Wildman–Crippen LogP) is 12.9. The molecule has 0 saturated carbocycles. The number of hydrogen-bond acceptors (Lipinski definition) is 1. The molecule has 0 aliphatic heterocycles. The van der Waals surface area contributed by atoms with Crippen LogP contribution in [0, 0.1) is 0 Å². The van der Waals surface area contributed by atoms with Gasteiger partial charge in [0.2, 0.25) is 0 Å². The van der Waals surface area contributed by atoms with Gasteiger partial charge in [-0.1, -0.05) is 136 Å². The lowest BCUT2D eigenvalue weighted by atomic mass is 9.98. The maximum atomic E-state index is 5.41. The molecular weight excluding hydrogens is 583 g/mol. The van der Waals surface area contributed by atoms with Crippen molar-refractivity contribution in [2.45, 2.75) is 78.3 Å². The monoisotopic (exact) mass is 627 g/mol. The summed E-state index contributed by atoms with van der Waals surface area (Å²) in [4.78, 5) is 5.41. The second kappa shape index (κ2) is 12.3. The number of para-hydroxylation sites is 1. The van der Waals surface area contributed by atoms with Gasteiger partial charge in [0.1, 0.15) is 5.82 Å². The Bertz CT molecular complexity index is 2410. The number of benzene rings is 6. The van der Waals surface area contributed by atoms with Crippen LogP contribution in [0.1, 0.15) is 66.2 Å². The maximum absolute atomic E-state index is 5.41. The third kappa shape index (κ3) is 5.17. The van der Waals surface area contributed by atoms with Crippen LogP contribution in [-0.4, -0.2) is 14.1 Å². The van der Waals surface area contributed by atoms with Crippen molar-refractivity contribution in [3.05, 3.63) is 115 Å². The Morgan fingerprint density at radius 2 is 1.08 bits per heavy atom. The Labute approximate surface area is 283 Å². The van der Waals surface area contributed by atoms with Crippen molar-refractivity contribution in [2.75, 3.05) is 0 Å². The van der Waals surface area contributed by atoms with Gasteiger partial charge < -0.3 is 9.13 Å². The van der Waals surface area contributed by atoms with Crippen LogP contribution in [0.15, 0.2) is 115 Å². The van der Waals surface area contributed by atoms with Crippen molar-refractivity contribution in [3.8, 4) is 22.5 Å². The van der Waals surface area contributed by atoms with Gasteiger partial charge >= 0.3 is 0 Å². The molecule has 240 valence electrons. The van der Waals surface area contributed by atoms with Crippen LogP contribution in [0.3, 0.4) is 0 Å². The van der Waals surface area contributed by atoms with Crippen LogP contribution < -0.4 is 0 Å². The lowest BCUT2D eigenvalue weighted by Crippen LogP contribution is -2.22. The fourth-order valence-corrected chi connectivity index (χ4v) is 7.89. The summed E-state index contributed by atoms with van der Waals surface area (Å²) in [5, 5.41) is 7.67. The molecule has 6 aromatic carbocycles. The molecule has 0 amide bonds. The first kappa shape index (κ1) is 30.4. The van der Waals surface area contributed by atoms with Crippen LogP contribution in [0.2, 0.25) is 0 Å². The van der Waals surface area contributed by atoms with Crippen molar-refractivity contribution in [1.82, 2.24) is 14.1 Å². The topological polar surface area (TPSA) is 22.8 Å². The molecule has 0 aliphatic carbocycles. The summed E-state index contributed by atoms with van der Waals surface area (Å²) in [5.74, 6) is 1.01. The number of hydrogen-bond donors (Lipinski definition) is 0. The van der Waals surface area contributed by atoms with Gasteiger partial charge in [-0.3, -0.25) is 0 Å². The highest BCUT2D eigenvalue weighted by molar-refractivity contribution is 6.24. The SMILES string of the molecule is CCCCCCCCn1c2ccccc2c2cc(-c3ccc(-c4nc5c6ccccc6c6ccccc6c5n4C(C)(C)C)cc3)ccc21. The zero-order valence-electron chi connectivity index (χ0n) is 28.8. The van der Waals surface area contributed by atoms with Gasteiger partial charge in [-0.15, -0.1) is 0 Å². The third-order valence-electron chi connectivity index (χ3n) is 10.2. The van der Waals surface area contributed by atoms with Crippen LogP contribution >= 0.6 is 0 Å². The highest BCUT2D eigenvalue weighted by Gasteiger charge is 2.25. The summed E-state index contributed by atoms with van der Waals surface area (Å²) in [6.07, 6.45) is 7.87. The van der Waals surface area contributed by atoms with Gasteiger partial charge in [-0.25, -0.2) is 4.98 Å². The normalized spacial score (nSPS) is 12.3. The Hall–Kier alpha value is -4.89. The molecule has 0 fully saturated rings. The second-order valence-corrected chi connectivity index (χ2v) is 14.5. The minimum absolute atomic E-state index is 0.164. The summed E-state index contributed by atoms with van der Waals surface area (Å²) in [6.45, 7) is 10.2. The van der Waals surface area contributed by atoms with Gasteiger partial charge in [0.15, 0.2) is 0 Å². The van der Waals surface area contributed by atoms with E-state index in [1.807, 2.05) is 0 Å². The summed E-state index contributed by atoms with van der Waals surface area (Å²) < 4.78 is 5.00. The first-order valence-electron chi connectivity index (χ1n) is 17.9. The Balaban J connectivity index is 1.19. The van der Waals surface area contributed by atoms with E-state index in [-0.39, 0.29) is 5.54 Å². The minimum atomic E-state index is -0.164. The molecule has 0 bridgehead atoms. The predicted molar refractivity (Wildman–Crippen MR) is 207 cm³/mol. The standard InChI is InChI=1S/C45H45N3/c1-5-6-7-8-9-16-29-47-40-22-15-14-19-36(40)39-30-33(27-28-41(39)47)31-23-25-32(26-24-31)44-46-42-37-20-12-10-17-34(37)35-18-11-13-21-38(35)43(42)48(44)45(2,3)4/h10-15,17-28,30H,5-9,16,29H2,1-4H3. The highest BCUT2D eigenvalue weighted by atomic mass is 15.1. The zero-order valence-corrected chi connectivity index (χ0v) is 28.8. The number of aromatic nitrogens is 3. The lowest BCUT2D eigenvalue weighted by molar-refractivity contribution is 0.414. The van der Waals surface area contributed by atoms with Crippen molar-refractivity contribution in [1.29, 1.82) is 0 Å². The van der Waals surface area contributed by atoms with E-state index in [4.69, 9.17) is 4.98 Å². The van der Waals surface area contributed by atoms with Gasteiger partial charge in [0.05, 0.1) is 11.0 Å². The molecule has 2 aromatic heterocycles. The van der Waals surface area contributed by atoms with E-state index < -0.39 is 0 Å². The zero-order chi connectivity index (χ0) is 32.8. The number of unbranched alkanes of at least 4 members (excludes halogenated alkanes) is 5. The van der Waals surface area contributed by atoms with E-state index in [0.717, 1.165) is 23.4 Å². The van der Waals surface area contributed by atoms with Gasteiger partial charge in [-0.2, -0.15) is 0 Å². The summed E-state index contributed by atoms with van der Waals surface area (Å²) in [6, 6.07) is 42.5. The van der Waals surface area contributed by atoms with Crippen LogP contribution in [0.4, 0.5) is 0 Å². The number of rotatable bonds is 9. The Morgan fingerprint density at radius 1 is 0.521 bits per heavy atom. The summed E-state index contributed by atoms with van der Waals surface area (Å²) >= 11 is 0. The van der Waals surface area contributed by atoms with E-state index >= 15 is 0 Å². The first-order valence-corrected chi connectivity index (χ1v) is 17.9. The van der Waals surface area contributed by atoms with E-state index in [2.05, 4.69) is 152 Å². The van der Waals surface area contributed by atoms with Crippen molar-refractivity contribution >= 4 is 54.4 Å². The van der Waals surface area contributed by atoms with Crippen molar-refractivity contribution in [2.24, 2.45) is 0 Å². The van der Waals surface area contributed by atoms with E-state index in [9.17, 15) is 0 Å². The Morgan fingerprint density at radius 3 is 1.81 bits per heavy atom. The molecule has 0 unspecified atom stereocenters. The molecule has 8 rings (SSSR count). The van der Waals surface area contributed by atoms with Crippen LogP contribution in [0.5, 0.6) is 0 Å². The lowest BCUT2D eigenvalue weighted by Gasteiger charge is -2.25. The fraction of sp³-hybridized carbons (Fsp3) is 0.267. The highest BCUT2D eigenvalue weighted by Crippen LogP contribution is 2.41. The summed E-state index contributed by atoms with van der Waals surface area (Å²) in [5.41, 5.74) is 8.40. The molecule has 0 aliphatic rings. The Kier molecular flexibility index (Phi) is 7.79. The summed E-state index contributed by atoms with van der Waals surface area (Å²) in [7, 11) is 0. The molecule has 8 aromatic rings. The fourth-order valence-electron chi connectivity index (χ4n) is 7.89. The molecule has 3 heteroatoms. The number of imidazole rings is 1. The maximum Gasteiger partial charge on any atom is 0.141 e. The minimum Gasteiger partial charge on any atom is -0.340 e. The molecule has 48 heavy (non-hydrogen) atoms. The average Bonchev–Trinajstić information content (AvgIpc) is 3.67. The first-order chi connectivity index (χ1) is 23.4. The largest absolute Gasteiger partial charge is 0.340 e. The van der Waals surface area contributed by atoms with Gasteiger partial charge in [-0.05, 0) is 67.3 Å². The smallest absolute Gasteiger partial charge is 0.141 e. The van der Waals surface area contributed by atoms with Gasteiger partial charge in [0.25, 0.3) is 0 Å². The van der Waals surface area contributed by atoms with Crippen LogP contribution in [-0.2, 0) is 12.1 Å². The quantitative estimate of drug-likeness (QED) is 0.115. The number of fused-ring (bicyclic) bond motifs is 9. The molecule has 2 heterocycles. The van der Waals surface area contributed by atoms with E-state index in [1.165, 1.54) is 98.5 Å². The van der Waals surface area contributed by atoms with Gasteiger partial charge in [0, 0.05) is 50.2 Å². The molecule has 0 radical (unpaired) electrons. The third-order valence-corrected chi connectivity index (χ3v) is 10.2. The molecule has 0 atom stereocenters. The van der Waals surface area contributed by atoms with Crippen LogP contribution in [0.25, 0.3) is 76.9 Å². The molecule has 0 spiro atoms. The second-order valence-electron chi connectivity index (χ2n) is 14.5. The number of aryl methyl sites for hydroxylation is 1. The average molecular weight is 628 g/mol. The van der Waals surface area contributed by atoms with Crippen molar-refractivity contribution in [3.63, 3.8) is 0 Å². The molecule has 0 N–H and O–H groups in total. The van der Waals surface area contributed by atoms with Crippen molar-refractivity contribution < 1.29 is 0 Å². The van der Waals surface area contributed by atoms with E-state index in [1.54, 1.807) is 0 Å². The molecule has 3 nitrogen and oxygen atoms in total.